The number of hydrogen-bond acceptors (Lipinski definition) is 5. The Morgan fingerprint density at radius 1 is 1.62 bits per heavy atom. The largest absolute Gasteiger partial charge is 0.361 e. The van der Waals surface area contributed by atoms with Crippen LogP contribution in [0.3, 0.4) is 0 Å². The van der Waals surface area contributed by atoms with Gasteiger partial charge >= 0.3 is 0 Å². The van der Waals surface area contributed by atoms with E-state index >= 15 is 0 Å². The molecule has 0 N–H and O–H groups in total. The average molecular weight is 221 g/mol. The van der Waals surface area contributed by atoms with Crippen molar-refractivity contribution in [3.63, 3.8) is 0 Å². The summed E-state index contributed by atoms with van der Waals surface area (Å²) >= 11 is 0. The van der Waals surface area contributed by atoms with Crippen molar-refractivity contribution in [2.24, 2.45) is 5.18 Å². The Labute approximate surface area is 95.3 Å². The Morgan fingerprint density at radius 2 is 2.44 bits per heavy atom. The van der Waals surface area contributed by atoms with Crippen molar-refractivity contribution < 1.29 is 4.74 Å². The van der Waals surface area contributed by atoms with Gasteiger partial charge in [0.05, 0.1) is 0 Å². The van der Waals surface area contributed by atoms with E-state index in [9.17, 15) is 4.91 Å². The van der Waals surface area contributed by atoms with Gasteiger partial charge in [0.15, 0.2) is 0 Å². The van der Waals surface area contributed by atoms with E-state index in [0.717, 1.165) is 6.42 Å². The van der Waals surface area contributed by atoms with Crippen LogP contribution in [0.4, 0.5) is 0 Å². The van der Waals surface area contributed by atoms with E-state index in [1.54, 1.807) is 9.80 Å². The van der Waals surface area contributed by atoms with Crippen LogP contribution in [0, 0.1) is 17.3 Å². The number of unbranched alkanes of at least 4 members (excludes halogenated alkanes) is 1. The minimum atomic E-state index is 0.396. The predicted molar refractivity (Wildman–Crippen MR) is 61.5 cm³/mol. The molecule has 0 radical (unpaired) electrons. The van der Waals surface area contributed by atoms with Crippen molar-refractivity contribution in [2.45, 2.75) is 12.8 Å². The molecule has 0 fully saturated rings. The van der Waals surface area contributed by atoms with Crippen LogP contribution < -0.4 is 0 Å². The highest BCUT2D eigenvalue weighted by molar-refractivity contribution is 5.12. The number of nitroso groups, excluding NO2 is 1. The van der Waals surface area contributed by atoms with Gasteiger partial charge in [-0.3, -0.25) is 0 Å². The third-order valence-corrected chi connectivity index (χ3v) is 2.13. The molecule has 1 aliphatic heterocycles. The van der Waals surface area contributed by atoms with Gasteiger partial charge in [-0.1, -0.05) is 0 Å². The number of rotatable bonds is 6. The molecule has 1 aliphatic rings. The van der Waals surface area contributed by atoms with Crippen LogP contribution in [0.25, 0.3) is 0 Å². The standard InChI is InChI=1S/C11H15N3O2/c1-3-4-5-8-16-10-14-7-6-13(2)11(14)9-12-15/h1,6-7,9H,4-5,8,10H2,2H3/b11-9-. The maximum Gasteiger partial charge on any atom is 0.136 e. The minimum absolute atomic E-state index is 0.396. The molecular formula is C11H15N3O2. The molecule has 0 saturated heterocycles. The van der Waals surface area contributed by atoms with E-state index in [0.29, 0.717) is 25.6 Å². The monoisotopic (exact) mass is 221 g/mol. The molecule has 1 heterocycles. The summed E-state index contributed by atoms with van der Waals surface area (Å²) in [5, 5.41) is 2.76. The zero-order valence-electron chi connectivity index (χ0n) is 9.30. The van der Waals surface area contributed by atoms with Gasteiger partial charge in [-0.2, -0.15) is 0 Å². The Balaban J connectivity index is 2.31. The van der Waals surface area contributed by atoms with Gasteiger partial charge < -0.3 is 14.5 Å². The molecule has 0 aromatic rings. The highest BCUT2D eigenvalue weighted by Gasteiger charge is 2.16. The van der Waals surface area contributed by atoms with Crippen molar-refractivity contribution in [1.82, 2.24) is 9.80 Å². The van der Waals surface area contributed by atoms with E-state index in [2.05, 4.69) is 11.1 Å². The van der Waals surface area contributed by atoms with E-state index < -0.39 is 0 Å². The Hall–Kier alpha value is -1.80. The summed E-state index contributed by atoms with van der Waals surface area (Å²) in [6.45, 7) is 1.01. The summed E-state index contributed by atoms with van der Waals surface area (Å²) in [5.74, 6) is 3.25. The average Bonchev–Trinajstić information content (AvgIpc) is 2.62. The first-order valence-corrected chi connectivity index (χ1v) is 5.01. The molecule has 0 aromatic heterocycles. The molecule has 0 amide bonds. The molecule has 0 unspecified atom stereocenters. The molecule has 0 saturated carbocycles. The first kappa shape index (κ1) is 12.3. The summed E-state index contributed by atoms with van der Waals surface area (Å²) in [6, 6.07) is 0. The summed E-state index contributed by atoms with van der Waals surface area (Å²) in [7, 11) is 1.84. The van der Waals surface area contributed by atoms with Crippen LogP contribution in [0.2, 0.25) is 0 Å². The smallest absolute Gasteiger partial charge is 0.136 e. The van der Waals surface area contributed by atoms with Gasteiger partial charge in [0.2, 0.25) is 0 Å². The normalized spacial score (nSPS) is 16.9. The first-order valence-electron chi connectivity index (χ1n) is 5.01. The highest BCUT2D eigenvalue weighted by Crippen LogP contribution is 2.17. The fourth-order valence-electron chi connectivity index (χ4n) is 1.30. The van der Waals surface area contributed by atoms with Crippen LogP contribution in [-0.2, 0) is 4.74 Å². The molecular weight excluding hydrogens is 206 g/mol. The molecule has 0 spiro atoms. The predicted octanol–water partition coefficient (Wildman–Crippen LogP) is 1.66. The summed E-state index contributed by atoms with van der Waals surface area (Å²) in [4.78, 5) is 13.8. The number of terminal acetylenes is 1. The second-order valence-corrected chi connectivity index (χ2v) is 3.32. The molecule has 86 valence electrons. The second-order valence-electron chi connectivity index (χ2n) is 3.32. The maximum atomic E-state index is 10.2. The molecule has 5 heteroatoms. The third kappa shape index (κ3) is 3.41. The lowest BCUT2D eigenvalue weighted by Gasteiger charge is -2.20. The summed E-state index contributed by atoms with van der Waals surface area (Å²) in [6.07, 6.45) is 11.6. The van der Waals surface area contributed by atoms with Crippen LogP contribution in [0.1, 0.15) is 12.8 Å². The summed E-state index contributed by atoms with van der Waals surface area (Å²) < 4.78 is 5.41. The van der Waals surface area contributed by atoms with E-state index in [1.165, 1.54) is 6.20 Å². The first-order chi connectivity index (χ1) is 7.79. The van der Waals surface area contributed by atoms with Gasteiger partial charge in [-0.15, -0.1) is 17.3 Å². The lowest BCUT2D eigenvalue weighted by Crippen LogP contribution is -2.22. The fraction of sp³-hybridized carbons (Fsp3) is 0.455. The van der Waals surface area contributed by atoms with Gasteiger partial charge in [-0.05, 0) is 11.6 Å². The molecule has 0 aromatic carbocycles. The van der Waals surface area contributed by atoms with Crippen LogP contribution in [-0.4, -0.2) is 30.2 Å². The highest BCUT2D eigenvalue weighted by atomic mass is 16.5. The lowest BCUT2D eigenvalue weighted by atomic mass is 10.3. The van der Waals surface area contributed by atoms with Crippen molar-refractivity contribution in [3.8, 4) is 12.3 Å². The van der Waals surface area contributed by atoms with Crippen LogP contribution >= 0.6 is 0 Å². The number of hydrogen-bond donors (Lipinski definition) is 0. The SMILES string of the molecule is C#CCCCOCN1C=CN(C)/C1=C/N=O. The third-order valence-electron chi connectivity index (χ3n) is 2.13. The zero-order chi connectivity index (χ0) is 11.8. The number of nitrogens with zero attached hydrogens (tertiary/aromatic N) is 3. The van der Waals surface area contributed by atoms with E-state index in [-0.39, 0.29) is 0 Å². The quantitative estimate of drug-likeness (QED) is 0.389. The molecule has 1 rings (SSSR count). The molecule has 0 atom stereocenters. The van der Waals surface area contributed by atoms with Gasteiger partial charge in [0, 0.05) is 32.5 Å². The summed E-state index contributed by atoms with van der Waals surface area (Å²) in [5.41, 5.74) is 0. The van der Waals surface area contributed by atoms with Gasteiger partial charge in [-0.25, -0.2) is 0 Å². The Morgan fingerprint density at radius 3 is 3.12 bits per heavy atom. The van der Waals surface area contributed by atoms with Crippen LogP contribution in [0.5, 0.6) is 0 Å². The fourth-order valence-corrected chi connectivity index (χ4v) is 1.30. The van der Waals surface area contributed by atoms with Crippen molar-refractivity contribution in [2.75, 3.05) is 20.4 Å². The maximum absolute atomic E-state index is 10.2. The molecule has 0 bridgehead atoms. The zero-order valence-corrected chi connectivity index (χ0v) is 9.30. The topological polar surface area (TPSA) is 45.1 Å². The molecule has 16 heavy (non-hydrogen) atoms. The van der Waals surface area contributed by atoms with E-state index in [4.69, 9.17) is 11.2 Å². The van der Waals surface area contributed by atoms with Crippen molar-refractivity contribution >= 4 is 0 Å². The Kier molecular flexibility index (Phi) is 5.09. The van der Waals surface area contributed by atoms with Gasteiger partial charge in [0.25, 0.3) is 0 Å². The lowest BCUT2D eigenvalue weighted by molar-refractivity contribution is 0.0646. The Bertz CT molecular complexity index is 331. The second kappa shape index (κ2) is 6.64. The van der Waals surface area contributed by atoms with Crippen LogP contribution in [0.15, 0.2) is 29.6 Å². The van der Waals surface area contributed by atoms with Crippen molar-refractivity contribution in [1.29, 1.82) is 0 Å². The van der Waals surface area contributed by atoms with E-state index in [1.807, 2.05) is 19.4 Å². The van der Waals surface area contributed by atoms with Gasteiger partial charge in [0.1, 0.15) is 18.8 Å². The minimum Gasteiger partial charge on any atom is -0.361 e. The van der Waals surface area contributed by atoms with Crippen molar-refractivity contribution in [3.05, 3.63) is 29.3 Å². The number of ether oxygens (including phenoxy) is 1. The molecule has 5 nitrogen and oxygen atoms in total. The molecule has 0 aliphatic carbocycles.